The van der Waals surface area contributed by atoms with Crippen molar-refractivity contribution in [2.24, 2.45) is 0 Å². The van der Waals surface area contributed by atoms with Crippen LogP contribution in [0.25, 0.3) is 6.08 Å². The Morgan fingerprint density at radius 3 is 2.67 bits per heavy atom. The molecule has 3 rings (SSSR count). The SMILES string of the molecule is COc1cc(C=C2Cc3c(OC(C)C)cccc3C2=O)ccc1O. The fourth-order valence-corrected chi connectivity index (χ4v) is 2.87. The van der Waals surface area contributed by atoms with E-state index in [0.29, 0.717) is 23.3 Å². The molecule has 124 valence electrons. The minimum absolute atomic E-state index is 0.0197. The third kappa shape index (κ3) is 3.00. The molecular formula is C20H20O4. The number of hydrogen-bond donors (Lipinski definition) is 1. The second-order valence-electron chi connectivity index (χ2n) is 6.06. The molecule has 0 fully saturated rings. The van der Waals surface area contributed by atoms with Gasteiger partial charge in [0.1, 0.15) is 5.75 Å². The van der Waals surface area contributed by atoms with E-state index in [1.807, 2.05) is 38.1 Å². The summed E-state index contributed by atoms with van der Waals surface area (Å²) in [6.45, 7) is 3.94. The number of benzene rings is 2. The van der Waals surface area contributed by atoms with E-state index in [4.69, 9.17) is 9.47 Å². The van der Waals surface area contributed by atoms with E-state index in [2.05, 4.69) is 0 Å². The largest absolute Gasteiger partial charge is 0.504 e. The Hall–Kier alpha value is -2.75. The van der Waals surface area contributed by atoms with Gasteiger partial charge in [-0.1, -0.05) is 18.2 Å². The molecule has 0 bridgehead atoms. The van der Waals surface area contributed by atoms with Gasteiger partial charge in [-0.15, -0.1) is 0 Å². The number of hydrogen-bond acceptors (Lipinski definition) is 4. The predicted molar refractivity (Wildman–Crippen MR) is 92.9 cm³/mol. The Labute approximate surface area is 141 Å². The zero-order chi connectivity index (χ0) is 17.3. The van der Waals surface area contributed by atoms with Crippen LogP contribution in [0.15, 0.2) is 42.0 Å². The highest BCUT2D eigenvalue weighted by Crippen LogP contribution is 2.35. The van der Waals surface area contributed by atoms with Crippen molar-refractivity contribution in [1.82, 2.24) is 0 Å². The van der Waals surface area contributed by atoms with Crippen LogP contribution in [-0.2, 0) is 6.42 Å². The maximum absolute atomic E-state index is 12.7. The third-order valence-electron chi connectivity index (χ3n) is 3.94. The van der Waals surface area contributed by atoms with E-state index >= 15 is 0 Å². The summed E-state index contributed by atoms with van der Waals surface area (Å²) in [6.07, 6.45) is 2.44. The Balaban J connectivity index is 1.96. The zero-order valence-corrected chi connectivity index (χ0v) is 14.0. The van der Waals surface area contributed by atoms with Crippen LogP contribution in [0.3, 0.4) is 0 Å². The maximum Gasteiger partial charge on any atom is 0.189 e. The minimum atomic E-state index is 0.0197. The lowest BCUT2D eigenvalue weighted by molar-refractivity contribution is 0.104. The summed E-state index contributed by atoms with van der Waals surface area (Å²) in [7, 11) is 1.50. The van der Waals surface area contributed by atoms with Crippen molar-refractivity contribution in [3.63, 3.8) is 0 Å². The summed E-state index contributed by atoms with van der Waals surface area (Å²) in [6, 6.07) is 10.6. The molecule has 0 aliphatic heterocycles. The summed E-state index contributed by atoms with van der Waals surface area (Å²) in [5.74, 6) is 1.25. The molecule has 0 heterocycles. The second kappa shape index (κ2) is 6.40. The van der Waals surface area contributed by atoms with Crippen LogP contribution in [0, 0.1) is 0 Å². The molecule has 4 nitrogen and oxygen atoms in total. The summed E-state index contributed by atoms with van der Waals surface area (Å²) < 4.78 is 10.9. The summed E-state index contributed by atoms with van der Waals surface area (Å²) in [5, 5.41) is 9.68. The number of ether oxygens (including phenoxy) is 2. The average Bonchev–Trinajstić information content (AvgIpc) is 2.86. The Morgan fingerprint density at radius 1 is 1.17 bits per heavy atom. The number of fused-ring (bicyclic) bond motifs is 1. The molecule has 0 radical (unpaired) electrons. The minimum Gasteiger partial charge on any atom is -0.504 e. The maximum atomic E-state index is 12.7. The van der Waals surface area contributed by atoms with Crippen molar-refractivity contribution in [2.45, 2.75) is 26.4 Å². The first-order chi connectivity index (χ1) is 11.5. The van der Waals surface area contributed by atoms with Crippen LogP contribution >= 0.6 is 0 Å². The molecule has 0 spiro atoms. The molecular weight excluding hydrogens is 304 g/mol. The molecule has 4 heteroatoms. The molecule has 1 aliphatic carbocycles. The number of carbonyl (C=O) groups excluding carboxylic acids is 1. The van der Waals surface area contributed by atoms with Crippen molar-refractivity contribution in [3.8, 4) is 17.2 Å². The summed E-state index contributed by atoms with van der Waals surface area (Å²) in [5.41, 5.74) is 3.16. The number of phenols is 1. The first kappa shape index (κ1) is 16.1. The van der Waals surface area contributed by atoms with Gasteiger partial charge < -0.3 is 14.6 Å². The number of ketones is 1. The van der Waals surface area contributed by atoms with Crippen molar-refractivity contribution in [2.75, 3.05) is 7.11 Å². The molecule has 1 N–H and O–H groups in total. The lowest BCUT2D eigenvalue weighted by Gasteiger charge is -2.12. The highest BCUT2D eigenvalue weighted by molar-refractivity contribution is 6.16. The fraction of sp³-hybridized carbons (Fsp3) is 0.250. The monoisotopic (exact) mass is 324 g/mol. The van der Waals surface area contributed by atoms with Gasteiger partial charge in [0.05, 0.1) is 13.2 Å². The van der Waals surface area contributed by atoms with Gasteiger partial charge in [0, 0.05) is 23.1 Å². The van der Waals surface area contributed by atoms with Crippen LogP contribution in [0.1, 0.15) is 35.3 Å². The number of methoxy groups -OCH3 is 1. The van der Waals surface area contributed by atoms with Gasteiger partial charge in [-0.05, 0) is 43.7 Å². The first-order valence-electron chi connectivity index (χ1n) is 7.90. The van der Waals surface area contributed by atoms with Gasteiger partial charge >= 0.3 is 0 Å². The molecule has 2 aromatic carbocycles. The molecule has 0 saturated heterocycles. The smallest absolute Gasteiger partial charge is 0.189 e. The van der Waals surface area contributed by atoms with E-state index in [1.54, 1.807) is 18.2 Å². The van der Waals surface area contributed by atoms with E-state index in [0.717, 1.165) is 16.9 Å². The van der Waals surface area contributed by atoms with Crippen molar-refractivity contribution in [3.05, 3.63) is 58.7 Å². The molecule has 24 heavy (non-hydrogen) atoms. The molecule has 0 aromatic heterocycles. The van der Waals surface area contributed by atoms with Gasteiger partial charge in [0.25, 0.3) is 0 Å². The topological polar surface area (TPSA) is 55.8 Å². The number of phenolic OH excluding ortho intramolecular Hbond substituents is 1. The van der Waals surface area contributed by atoms with Crippen molar-refractivity contribution < 1.29 is 19.4 Å². The van der Waals surface area contributed by atoms with Gasteiger partial charge in [0.15, 0.2) is 17.3 Å². The van der Waals surface area contributed by atoms with E-state index in [9.17, 15) is 9.90 Å². The van der Waals surface area contributed by atoms with Crippen LogP contribution in [0.4, 0.5) is 0 Å². The highest BCUT2D eigenvalue weighted by atomic mass is 16.5. The molecule has 2 aromatic rings. The number of aromatic hydroxyl groups is 1. The fourth-order valence-electron chi connectivity index (χ4n) is 2.87. The number of allylic oxidation sites excluding steroid dienone is 1. The lowest BCUT2D eigenvalue weighted by atomic mass is 10.1. The van der Waals surface area contributed by atoms with Gasteiger partial charge in [0.2, 0.25) is 0 Å². The Kier molecular flexibility index (Phi) is 4.30. The quantitative estimate of drug-likeness (QED) is 0.863. The Morgan fingerprint density at radius 2 is 1.96 bits per heavy atom. The van der Waals surface area contributed by atoms with Gasteiger partial charge in [-0.25, -0.2) is 0 Å². The predicted octanol–water partition coefficient (Wildman–Crippen LogP) is 4.01. The van der Waals surface area contributed by atoms with Crippen molar-refractivity contribution >= 4 is 11.9 Å². The molecule has 0 unspecified atom stereocenters. The lowest BCUT2D eigenvalue weighted by Crippen LogP contribution is -2.07. The van der Waals surface area contributed by atoms with Crippen LogP contribution in [0.2, 0.25) is 0 Å². The zero-order valence-electron chi connectivity index (χ0n) is 14.0. The number of rotatable bonds is 4. The van der Waals surface area contributed by atoms with E-state index < -0.39 is 0 Å². The molecule has 0 atom stereocenters. The van der Waals surface area contributed by atoms with Gasteiger partial charge in [-0.3, -0.25) is 4.79 Å². The first-order valence-corrected chi connectivity index (χ1v) is 7.90. The number of Topliss-reactive ketones (excluding diaryl/α,β-unsaturated/α-hetero) is 1. The third-order valence-corrected chi connectivity index (χ3v) is 3.94. The van der Waals surface area contributed by atoms with Crippen molar-refractivity contribution in [1.29, 1.82) is 0 Å². The molecule has 1 aliphatic rings. The normalized spacial score (nSPS) is 15.0. The number of carbonyl (C=O) groups is 1. The molecule has 0 amide bonds. The van der Waals surface area contributed by atoms with Crippen LogP contribution in [0.5, 0.6) is 17.2 Å². The Bertz CT molecular complexity index is 818. The van der Waals surface area contributed by atoms with E-state index in [1.165, 1.54) is 7.11 Å². The summed E-state index contributed by atoms with van der Waals surface area (Å²) >= 11 is 0. The highest BCUT2D eigenvalue weighted by Gasteiger charge is 2.27. The summed E-state index contributed by atoms with van der Waals surface area (Å²) in [4.78, 5) is 12.7. The van der Waals surface area contributed by atoms with Crippen LogP contribution in [-0.4, -0.2) is 24.1 Å². The van der Waals surface area contributed by atoms with E-state index in [-0.39, 0.29) is 17.6 Å². The standard InChI is InChI=1S/C20H20O4/c1-12(2)24-18-6-4-5-15-16(18)11-14(20(15)22)9-13-7-8-17(21)19(10-13)23-3/h4-10,12,21H,11H2,1-3H3. The molecule has 0 saturated carbocycles. The average molecular weight is 324 g/mol. The van der Waals surface area contributed by atoms with Gasteiger partial charge in [-0.2, -0.15) is 0 Å². The second-order valence-corrected chi connectivity index (χ2v) is 6.06. The van der Waals surface area contributed by atoms with Crippen LogP contribution < -0.4 is 9.47 Å².